The second-order valence-corrected chi connectivity index (χ2v) is 5.08. The summed E-state index contributed by atoms with van der Waals surface area (Å²) < 4.78 is 27.4. The van der Waals surface area contributed by atoms with Crippen molar-refractivity contribution in [2.24, 2.45) is 0 Å². The van der Waals surface area contributed by atoms with Crippen LogP contribution in [-0.2, 0) is 6.61 Å². The van der Waals surface area contributed by atoms with Crippen LogP contribution in [-0.4, -0.2) is 34.2 Å². The summed E-state index contributed by atoms with van der Waals surface area (Å²) in [5.74, 6) is 2.73. The Kier molecular flexibility index (Phi) is 6.51. The van der Waals surface area contributed by atoms with Gasteiger partial charge in [-0.3, -0.25) is 4.79 Å². The summed E-state index contributed by atoms with van der Waals surface area (Å²) in [6, 6.07) is 8.69. The third kappa shape index (κ3) is 4.35. The minimum Gasteiger partial charge on any atom is -0.493 e. The van der Waals surface area contributed by atoms with Crippen LogP contribution >= 0.6 is 0 Å². The first-order valence-corrected chi connectivity index (χ1v) is 7.80. The summed E-state index contributed by atoms with van der Waals surface area (Å²) in [7, 11) is 4.68. The normalized spacial score (nSPS) is 10.1. The monoisotopic (exact) mass is 346 g/mol. The summed E-state index contributed by atoms with van der Waals surface area (Å²) in [6.45, 7) is 2.62. The van der Waals surface area contributed by atoms with Crippen molar-refractivity contribution in [2.45, 2.75) is 13.5 Å². The largest absolute Gasteiger partial charge is 0.493 e. The summed E-state index contributed by atoms with van der Waals surface area (Å²) in [4.78, 5) is 10.9. The average Bonchev–Trinajstić information content (AvgIpc) is 2.66. The Morgan fingerprint density at radius 2 is 1.52 bits per heavy atom. The molecule has 0 saturated carbocycles. The highest BCUT2D eigenvalue weighted by Crippen LogP contribution is 2.38. The van der Waals surface area contributed by atoms with Crippen LogP contribution in [0, 0.1) is 0 Å². The number of carbonyl (C=O) groups excluding carboxylic acids is 1. The van der Waals surface area contributed by atoms with Gasteiger partial charge in [0.1, 0.15) is 12.9 Å². The molecular formula is C19H22O6. The van der Waals surface area contributed by atoms with E-state index >= 15 is 0 Å². The van der Waals surface area contributed by atoms with E-state index in [2.05, 4.69) is 0 Å². The van der Waals surface area contributed by atoms with Crippen molar-refractivity contribution >= 4 is 6.29 Å². The lowest BCUT2D eigenvalue weighted by molar-refractivity contribution is 0.112. The molecule has 2 rings (SSSR count). The fraction of sp³-hybridized carbons (Fsp3) is 0.316. The summed E-state index contributed by atoms with van der Waals surface area (Å²) >= 11 is 0. The fourth-order valence-corrected chi connectivity index (χ4v) is 2.37. The van der Waals surface area contributed by atoms with E-state index in [9.17, 15) is 4.79 Å². The minimum atomic E-state index is 0.275. The lowest BCUT2D eigenvalue weighted by atomic mass is 10.2. The zero-order chi connectivity index (χ0) is 18.2. The van der Waals surface area contributed by atoms with Gasteiger partial charge in [-0.2, -0.15) is 0 Å². The van der Waals surface area contributed by atoms with E-state index in [0.29, 0.717) is 40.9 Å². The first-order chi connectivity index (χ1) is 12.2. The van der Waals surface area contributed by atoms with Gasteiger partial charge in [0.25, 0.3) is 0 Å². The Bertz CT molecular complexity index is 701. The standard InChI is InChI=1S/C19H22O6/c1-5-24-16-8-13(11-20)6-7-15(16)25-12-14-9-17(21-2)19(23-4)18(10-14)22-3/h6-11H,5,12H2,1-4H3. The molecule has 0 aliphatic rings. The molecule has 0 bridgehead atoms. The Balaban J connectivity index is 2.25. The van der Waals surface area contributed by atoms with Gasteiger partial charge < -0.3 is 23.7 Å². The molecule has 2 aromatic carbocycles. The molecule has 0 fully saturated rings. The van der Waals surface area contributed by atoms with E-state index < -0.39 is 0 Å². The van der Waals surface area contributed by atoms with Crippen LogP contribution in [0.5, 0.6) is 28.7 Å². The fourth-order valence-electron chi connectivity index (χ4n) is 2.37. The Hall–Kier alpha value is -2.89. The summed E-state index contributed by atoms with van der Waals surface area (Å²) in [5.41, 5.74) is 1.37. The topological polar surface area (TPSA) is 63.2 Å². The number of hydrogen-bond acceptors (Lipinski definition) is 6. The number of carbonyl (C=O) groups is 1. The van der Waals surface area contributed by atoms with Crippen LogP contribution in [0.15, 0.2) is 30.3 Å². The Labute approximate surface area is 147 Å². The van der Waals surface area contributed by atoms with Gasteiger partial charge in [0.15, 0.2) is 23.0 Å². The minimum absolute atomic E-state index is 0.275. The molecule has 2 aromatic rings. The number of rotatable bonds is 9. The second-order valence-electron chi connectivity index (χ2n) is 5.08. The highest BCUT2D eigenvalue weighted by molar-refractivity contribution is 5.76. The van der Waals surface area contributed by atoms with Gasteiger partial charge in [-0.05, 0) is 42.8 Å². The highest BCUT2D eigenvalue weighted by Gasteiger charge is 2.14. The molecule has 0 spiro atoms. The summed E-state index contributed by atoms with van der Waals surface area (Å²) in [6.07, 6.45) is 0.769. The van der Waals surface area contributed by atoms with Gasteiger partial charge in [-0.1, -0.05) is 0 Å². The van der Waals surface area contributed by atoms with E-state index in [0.717, 1.165) is 11.8 Å². The molecule has 0 amide bonds. The third-order valence-corrected chi connectivity index (χ3v) is 3.52. The number of hydrogen-bond donors (Lipinski definition) is 0. The maximum absolute atomic E-state index is 10.9. The van der Waals surface area contributed by atoms with Gasteiger partial charge in [0, 0.05) is 5.56 Å². The molecule has 0 heterocycles. The molecule has 0 N–H and O–H groups in total. The molecule has 0 saturated heterocycles. The average molecular weight is 346 g/mol. The maximum atomic E-state index is 10.9. The molecule has 0 unspecified atom stereocenters. The van der Waals surface area contributed by atoms with Crippen molar-refractivity contribution < 1.29 is 28.5 Å². The molecule has 6 heteroatoms. The van der Waals surface area contributed by atoms with Crippen LogP contribution < -0.4 is 23.7 Å². The lowest BCUT2D eigenvalue weighted by Crippen LogP contribution is -2.02. The Morgan fingerprint density at radius 3 is 2.04 bits per heavy atom. The van der Waals surface area contributed by atoms with E-state index in [1.807, 2.05) is 19.1 Å². The smallest absolute Gasteiger partial charge is 0.203 e. The molecule has 134 valence electrons. The molecule has 25 heavy (non-hydrogen) atoms. The van der Waals surface area contributed by atoms with E-state index in [1.54, 1.807) is 39.5 Å². The number of methoxy groups -OCH3 is 3. The number of ether oxygens (including phenoxy) is 5. The van der Waals surface area contributed by atoms with E-state index in [1.165, 1.54) is 0 Å². The second kappa shape index (κ2) is 8.82. The summed E-state index contributed by atoms with van der Waals surface area (Å²) in [5, 5.41) is 0. The van der Waals surface area contributed by atoms with Crippen molar-refractivity contribution in [3.05, 3.63) is 41.5 Å². The van der Waals surface area contributed by atoms with Crippen molar-refractivity contribution in [3.63, 3.8) is 0 Å². The molecular weight excluding hydrogens is 324 g/mol. The van der Waals surface area contributed by atoms with Crippen molar-refractivity contribution in [1.82, 2.24) is 0 Å². The van der Waals surface area contributed by atoms with Gasteiger partial charge in [0.05, 0.1) is 27.9 Å². The van der Waals surface area contributed by atoms with Crippen LogP contribution in [0.25, 0.3) is 0 Å². The zero-order valence-electron chi connectivity index (χ0n) is 14.8. The SMILES string of the molecule is CCOc1cc(C=O)ccc1OCc1cc(OC)c(OC)c(OC)c1. The lowest BCUT2D eigenvalue weighted by Gasteiger charge is -2.16. The third-order valence-electron chi connectivity index (χ3n) is 3.52. The Morgan fingerprint density at radius 1 is 0.840 bits per heavy atom. The molecule has 0 aliphatic carbocycles. The zero-order valence-corrected chi connectivity index (χ0v) is 14.8. The molecule has 0 aromatic heterocycles. The highest BCUT2D eigenvalue weighted by atomic mass is 16.5. The van der Waals surface area contributed by atoms with E-state index in [4.69, 9.17) is 23.7 Å². The molecule has 0 aliphatic heterocycles. The first-order valence-electron chi connectivity index (χ1n) is 7.80. The number of aldehydes is 1. The van der Waals surface area contributed by atoms with Crippen LogP contribution in [0.2, 0.25) is 0 Å². The predicted octanol–water partition coefficient (Wildman–Crippen LogP) is 3.50. The van der Waals surface area contributed by atoms with Crippen molar-refractivity contribution in [3.8, 4) is 28.7 Å². The van der Waals surface area contributed by atoms with Crippen LogP contribution in [0.4, 0.5) is 0 Å². The quantitative estimate of drug-likeness (QED) is 0.648. The van der Waals surface area contributed by atoms with Crippen molar-refractivity contribution in [2.75, 3.05) is 27.9 Å². The molecule has 0 radical (unpaired) electrons. The molecule has 6 nitrogen and oxygen atoms in total. The van der Waals surface area contributed by atoms with Gasteiger partial charge >= 0.3 is 0 Å². The van der Waals surface area contributed by atoms with Crippen LogP contribution in [0.1, 0.15) is 22.8 Å². The predicted molar refractivity (Wildman–Crippen MR) is 93.4 cm³/mol. The van der Waals surface area contributed by atoms with Gasteiger partial charge in [-0.25, -0.2) is 0 Å². The van der Waals surface area contributed by atoms with Crippen molar-refractivity contribution in [1.29, 1.82) is 0 Å². The molecule has 0 atom stereocenters. The van der Waals surface area contributed by atoms with Gasteiger partial charge in [0.2, 0.25) is 5.75 Å². The first kappa shape index (κ1) is 18.4. The van der Waals surface area contributed by atoms with E-state index in [-0.39, 0.29) is 6.61 Å². The maximum Gasteiger partial charge on any atom is 0.203 e. The number of benzene rings is 2. The van der Waals surface area contributed by atoms with Crippen LogP contribution in [0.3, 0.4) is 0 Å². The van der Waals surface area contributed by atoms with Gasteiger partial charge in [-0.15, -0.1) is 0 Å².